The second kappa shape index (κ2) is 6.19. The molecule has 4 nitrogen and oxygen atoms in total. The molecule has 0 aliphatic heterocycles. The van der Waals surface area contributed by atoms with Gasteiger partial charge in [-0.2, -0.15) is 0 Å². The second-order valence-electron chi connectivity index (χ2n) is 4.83. The normalized spacial score (nSPS) is 10.2. The van der Waals surface area contributed by atoms with Gasteiger partial charge in [-0.3, -0.25) is 4.79 Å². The maximum absolute atomic E-state index is 12.3. The molecule has 4 heteroatoms. The van der Waals surface area contributed by atoms with Gasteiger partial charge in [-0.15, -0.1) is 0 Å². The van der Waals surface area contributed by atoms with Crippen LogP contribution in [0.2, 0.25) is 0 Å². The quantitative estimate of drug-likeness (QED) is 0.928. The van der Waals surface area contributed by atoms with Crippen molar-refractivity contribution in [3.05, 3.63) is 59.3 Å². The summed E-state index contributed by atoms with van der Waals surface area (Å²) in [6, 6.07) is 11.8. The average molecular weight is 269 g/mol. The fraction of sp³-hybridized carbons (Fsp3) is 0.250. The minimum atomic E-state index is -0.0271. The van der Waals surface area contributed by atoms with E-state index in [9.17, 15) is 4.79 Å². The van der Waals surface area contributed by atoms with E-state index >= 15 is 0 Å². The molecule has 1 N–H and O–H groups in total. The lowest BCUT2D eigenvalue weighted by Crippen LogP contribution is -2.26. The molecule has 0 saturated heterocycles. The highest BCUT2D eigenvalue weighted by Crippen LogP contribution is 2.10. The molecule has 104 valence electrons. The summed E-state index contributed by atoms with van der Waals surface area (Å²) in [7, 11) is 3.60. The van der Waals surface area contributed by atoms with E-state index in [4.69, 9.17) is 0 Å². The predicted molar refractivity (Wildman–Crippen MR) is 80.8 cm³/mol. The number of aromatic nitrogens is 1. The van der Waals surface area contributed by atoms with Gasteiger partial charge in [0, 0.05) is 26.8 Å². The number of aryl methyl sites for hydroxylation is 1. The monoisotopic (exact) mass is 269 g/mol. The maximum Gasteiger partial charge on any atom is 0.255 e. The first-order chi connectivity index (χ1) is 9.60. The van der Waals surface area contributed by atoms with Crippen molar-refractivity contribution in [2.45, 2.75) is 13.5 Å². The van der Waals surface area contributed by atoms with Crippen LogP contribution in [0.3, 0.4) is 0 Å². The molecule has 1 heterocycles. The summed E-state index contributed by atoms with van der Waals surface area (Å²) in [5.41, 5.74) is 2.93. The Hall–Kier alpha value is -2.36. The Morgan fingerprint density at radius 2 is 1.90 bits per heavy atom. The van der Waals surface area contributed by atoms with Crippen LogP contribution in [0.25, 0.3) is 0 Å². The van der Waals surface area contributed by atoms with Crippen LogP contribution in [-0.4, -0.2) is 29.9 Å². The number of hydrogen-bond acceptors (Lipinski definition) is 3. The molecule has 0 aliphatic carbocycles. The Kier molecular flexibility index (Phi) is 4.35. The zero-order chi connectivity index (χ0) is 14.5. The number of anilines is 1. The Balaban J connectivity index is 2.05. The molecule has 0 saturated carbocycles. The third-order valence-corrected chi connectivity index (χ3v) is 3.15. The van der Waals surface area contributed by atoms with Crippen molar-refractivity contribution in [3.63, 3.8) is 0 Å². The van der Waals surface area contributed by atoms with Crippen molar-refractivity contribution in [2.24, 2.45) is 0 Å². The van der Waals surface area contributed by atoms with E-state index in [1.165, 1.54) is 5.56 Å². The topological polar surface area (TPSA) is 45.2 Å². The van der Waals surface area contributed by atoms with E-state index in [1.807, 2.05) is 19.1 Å². The van der Waals surface area contributed by atoms with Crippen molar-refractivity contribution in [1.29, 1.82) is 0 Å². The third-order valence-electron chi connectivity index (χ3n) is 3.15. The SMILES string of the molecule is CNc1ccc(C(=O)N(C)Cc2ccc(C)cc2)cn1. The summed E-state index contributed by atoms with van der Waals surface area (Å²) >= 11 is 0. The zero-order valence-corrected chi connectivity index (χ0v) is 12.1. The number of hydrogen-bond donors (Lipinski definition) is 1. The average Bonchev–Trinajstić information content (AvgIpc) is 2.49. The van der Waals surface area contributed by atoms with E-state index in [0.29, 0.717) is 12.1 Å². The summed E-state index contributed by atoms with van der Waals surface area (Å²) in [5, 5.41) is 2.93. The first-order valence-corrected chi connectivity index (χ1v) is 6.55. The molecule has 2 aromatic rings. The molecule has 20 heavy (non-hydrogen) atoms. The highest BCUT2D eigenvalue weighted by Gasteiger charge is 2.12. The van der Waals surface area contributed by atoms with Gasteiger partial charge in [0.05, 0.1) is 5.56 Å². The van der Waals surface area contributed by atoms with Crippen LogP contribution in [0.5, 0.6) is 0 Å². The summed E-state index contributed by atoms with van der Waals surface area (Å²) in [6.45, 7) is 2.64. The van der Waals surface area contributed by atoms with Crippen molar-refractivity contribution < 1.29 is 4.79 Å². The second-order valence-corrected chi connectivity index (χ2v) is 4.83. The van der Waals surface area contributed by atoms with Crippen LogP contribution in [0, 0.1) is 6.92 Å². The molecule has 1 aromatic heterocycles. The lowest BCUT2D eigenvalue weighted by atomic mass is 10.1. The van der Waals surface area contributed by atoms with Crippen LogP contribution < -0.4 is 5.32 Å². The zero-order valence-electron chi connectivity index (χ0n) is 12.1. The number of nitrogens with zero attached hydrogens (tertiary/aromatic N) is 2. The van der Waals surface area contributed by atoms with Gasteiger partial charge in [0.2, 0.25) is 0 Å². The number of pyridine rings is 1. The molecule has 1 amide bonds. The molecule has 0 spiro atoms. The molecule has 2 rings (SSSR count). The Bertz CT molecular complexity index is 576. The number of benzene rings is 1. The fourth-order valence-corrected chi connectivity index (χ4v) is 1.93. The number of rotatable bonds is 4. The first-order valence-electron chi connectivity index (χ1n) is 6.55. The Labute approximate surface area is 119 Å². The van der Waals surface area contributed by atoms with Gasteiger partial charge in [0.15, 0.2) is 0 Å². The van der Waals surface area contributed by atoms with E-state index in [-0.39, 0.29) is 5.91 Å². The highest BCUT2D eigenvalue weighted by atomic mass is 16.2. The van der Waals surface area contributed by atoms with Gasteiger partial charge in [0.25, 0.3) is 5.91 Å². The maximum atomic E-state index is 12.3. The summed E-state index contributed by atoms with van der Waals surface area (Å²) in [6.07, 6.45) is 1.60. The van der Waals surface area contributed by atoms with Gasteiger partial charge in [-0.1, -0.05) is 29.8 Å². The molecular weight excluding hydrogens is 250 g/mol. The summed E-state index contributed by atoms with van der Waals surface area (Å²) < 4.78 is 0. The van der Waals surface area contributed by atoms with E-state index < -0.39 is 0 Å². The van der Waals surface area contributed by atoms with Gasteiger partial charge in [0.1, 0.15) is 5.82 Å². The molecular formula is C16H19N3O. The van der Waals surface area contributed by atoms with Gasteiger partial charge >= 0.3 is 0 Å². The molecule has 0 atom stereocenters. The predicted octanol–water partition coefficient (Wildman–Crippen LogP) is 2.70. The highest BCUT2D eigenvalue weighted by molar-refractivity contribution is 5.93. The lowest BCUT2D eigenvalue weighted by molar-refractivity contribution is 0.0784. The minimum Gasteiger partial charge on any atom is -0.373 e. The van der Waals surface area contributed by atoms with Crippen LogP contribution in [0.1, 0.15) is 21.5 Å². The smallest absolute Gasteiger partial charge is 0.255 e. The van der Waals surface area contributed by atoms with Crippen molar-refractivity contribution in [3.8, 4) is 0 Å². The molecule has 1 aromatic carbocycles. The Morgan fingerprint density at radius 3 is 2.45 bits per heavy atom. The molecule has 0 radical (unpaired) electrons. The fourth-order valence-electron chi connectivity index (χ4n) is 1.93. The summed E-state index contributed by atoms with van der Waals surface area (Å²) in [4.78, 5) is 18.1. The third kappa shape index (κ3) is 3.35. The molecule has 0 unspecified atom stereocenters. The van der Waals surface area contributed by atoms with Crippen LogP contribution in [0.4, 0.5) is 5.82 Å². The largest absolute Gasteiger partial charge is 0.373 e. The van der Waals surface area contributed by atoms with Gasteiger partial charge in [-0.25, -0.2) is 4.98 Å². The first kappa shape index (κ1) is 14.1. The van der Waals surface area contributed by atoms with E-state index in [2.05, 4.69) is 22.4 Å². The van der Waals surface area contributed by atoms with Gasteiger partial charge in [-0.05, 0) is 24.6 Å². The molecule has 0 fully saturated rings. The van der Waals surface area contributed by atoms with E-state index in [1.54, 1.807) is 37.3 Å². The van der Waals surface area contributed by atoms with Crippen LogP contribution in [0.15, 0.2) is 42.6 Å². The van der Waals surface area contributed by atoms with Crippen LogP contribution in [-0.2, 0) is 6.54 Å². The number of amides is 1. The number of nitrogens with one attached hydrogen (secondary N) is 1. The van der Waals surface area contributed by atoms with E-state index in [0.717, 1.165) is 11.4 Å². The standard InChI is InChI=1S/C16H19N3O/c1-12-4-6-13(7-5-12)11-19(3)16(20)14-8-9-15(17-2)18-10-14/h4-10H,11H2,1-3H3,(H,17,18). The van der Waals surface area contributed by atoms with Crippen molar-refractivity contribution >= 4 is 11.7 Å². The Morgan fingerprint density at radius 1 is 1.20 bits per heavy atom. The summed E-state index contributed by atoms with van der Waals surface area (Å²) in [5.74, 6) is 0.725. The lowest BCUT2D eigenvalue weighted by Gasteiger charge is -2.17. The minimum absolute atomic E-state index is 0.0271. The van der Waals surface area contributed by atoms with Crippen LogP contribution >= 0.6 is 0 Å². The van der Waals surface area contributed by atoms with Gasteiger partial charge < -0.3 is 10.2 Å². The number of carbonyl (C=O) groups excluding carboxylic acids is 1. The van der Waals surface area contributed by atoms with Crippen molar-refractivity contribution in [2.75, 3.05) is 19.4 Å². The van der Waals surface area contributed by atoms with Crippen molar-refractivity contribution in [1.82, 2.24) is 9.88 Å². The molecule has 0 aliphatic rings. The number of carbonyl (C=O) groups is 1. The molecule has 0 bridgehead atoms.